The molecule has 1 aliphatic rings. The van der Waals surface area contributed by atoms with Crippen LogP contribution in [0, 0.1) is 0 Å². The van der Waals surface area contributed by atoms with Gasteiger partial charge >= 0.3 is 0 Å². The Morgan fingerprint density at radius 2 is 2.00 bits per heavy atom. The summed E-state index contributed by atoms with van der Waals surface area (Å²) in [6.45, 7) is 3.58. The van der Waals surface area contributed by atoms with Gasteiger partial charge in [-0.3, -0.25) is 4.79 Å². The maximum absolute atomic E-state index is 12.7. The second-order valence-electron chi connectivity index (χ2n) is 5.30. The fourth-order valence-electron chi connectivity index (χ4n) is 2.81. The minimum atomic E-state index is 0.191. The van der Waals surface area contributed by atoms with Crippen LogP contribution in [0.2, 0.25) is 0 Å². The second-order valence-corrected chi connectivity index (χ2v) is 7.43. The summed E-state index contributed by atoms with van der Waals surface area (Å²) in [4.78, 5) is 15.5. The van der Waals surface area contributed by atoms with Gasteiger partial charge in [0.05, 0.1) is 9.58 Å². The zero-order chi connectivity index (χ0) is 14.2. The summed E-state index contributed by atoms with van der Waals surface area (Å²) in [6.07, 6.45) is 1.04. The number of hydrogen-bond donors (Lipinski definition) is 1. The van der Waals surface area contributed by atoms with E-state index in [0.717, 1.165) is 37.5 Å². The van der Waals surface area contributed by atoms with Crippen LogP contribution >= 0.6 is 22.7 Å². The molecule has 1 aliphatic heterocycles. The summed E-state index contributed by atoms with van der Waals surface area (Å²) in [5, 5.41) is 4.62. The van der Waals surface area contributed by atoms with E-state index in [1.807, 2.05) is 4.90 Å². The Morgan fingerprint density at radius 3 is 2.95 bits per heavy atom. The summed E-state index contributed by atoms with van der Waals surface area (Å²) in [6, 6.07) is 10.5. The van der Waals surface area contributed by atoms with E-state index in [0.29, 0.717) is 0 Å². The average Bonchev–Trinajstić information content (AvgIpc) is 2.93. The lowest BCUT2D eigenvalue weighted by Gasteiger charge is -2.18. The molecule has 0 saturated carbocycles. The third kappa shape index (κ3) is 2.35. The Morgan fingerprint density at radius 1 is 1.10 bits per heavy atom. The number of benzene rings is 1. The molecule has 1 fully saturated rings. The number of thiophene rings is 2. The summed E-state index contributed by atoms with van der Waals surface area (Å²) in [7, 11) is 0. The highest BCUT2D eigenvalue weighted by Crippen LogP contribution is 2.39. The van der Waals surface area contributed by atoms with Crippen molar-refractivity contribution in [2.75, 3.05) is 26.2 Å². The molecule has 0 bridgehead atoms. The summed E-state index contributed by atoms with van der Waals surface area (Å²) in [5.74, 6) is 0.191. The van der Waals surface area contributed by atoms with Crippen molar-refractivity contribution in [2.45, 2.75) is 6.42 Å². The topological polar surface area (TPSA) is 32.3 Å². The van der Waals surface area contributed by atoms with Gasteiger partial charge in [0.1, 0.15) is 0 Å². The summed E-state index contributed by atoms with van der Waals surface area (Å²) < 4.78 is 3.79. The van der Waals surface area contributed by atoms with Gasteiger partial charge < -0.3 is 10.2 Å². The maximum Gasteiger partial charge on any atom is 0.264 e. The van der Waals surface area contributed by atoms with E-state index in [2.05, 4.69) is 35.6 Å². The van der Waals surface area contributed by atoms with Crippen LogP contribution in [0.5, 0.6) is 0 Å². The van der Waals surface area contributed by atoms with E-state index >= 15 is 0 Å². The Bertz CT molecular complexity index is 797. The van der Waals surface area contributed by atoms with E-state index in [9.17, 15) is 4.79 Å². The first-order valence-electron chi connectivity index (χ1n) is 7.24. The van der Waals surface area contributed by atoms with E-state index in [4.69, 9.17) is 0 Å². The molecule has 2 aromatic heterocycles. The van der Waals surface area contributed by atoms with Crippen LogP contribution < -0.4 is 5.32 Å². The molecule has 3 aromatic rings. The molecule has 1 N–H and O–H groups in total. The highest BCUT2D eigenvalue weighted by Gasteiger charge is 2.20. The molecular weight excluding hydrogens is 300 g/mol. The Balaban J connectivity index is 1.71. The predicted octanol–water partition coefficient (Wildman–Crippen LogP) is 3.55. The monoisotopic (exact) mass is 316 g/mol. The highest BCUT2D eigenvalue weighted by molar-refractivity contribution is 7.33. The molecule has 3 heterocycles. The minimum absolute atomic E-state index is 0.191. The van der Waals surface area contributed by atoms with Gasteiger partial charge in [0.2, 0.25) is 0 Å². The molecule has 3 nitrogen and oxygen atoms in total. The number of nitrogens with one attached hydrogen (secondary N) is 1. The molecule has 0 unspecified atom stereocenters. The molecule has 0 spiro atoms. The third-order valence-electron chi connectivity index (χ3n) is 3.89. The van der Waals surface area contributed by atoms with Crippen LogP contribution in [-0.2, 0) is 0 Å². The van der Waals surface area contributed by atoms with Gasteiger partial charge in [-0.15, -0.1) is 22.7 Å². The van der Waals surface area contributed by atoms with Crippen molar-refractivity contribution in [2.24, 2.45) is 0 Å². The highest BCUT2D eigenvalue weighted by atomic mass is 32.1. The Hall–Kier alpha value is -1.43. The third-order valence-corrected chi connectivity index (χ3v) is 6.29. The fourth-order valence-corrected chi connectivity index (χ4v) is 5.30. The normalized spacial score (nSPS) is 16.5. The molecule has 5 heteroatoms. The van der Waals surface area contributed by atoms with Gasteiger partial charge in [-0.1, -0.05) is 18.2 Å². The lowest BCUT2D eigenvalue weighted by molar-refractivity contribution is 0.0771. The molecule has 21 heavy (non-hydrogen) atoms. The van der Waals surface area contributed by atoms with Gasteiger partial charge in [0.15, 0.2) is 0 Å². The fraction of sp³-hybridized carbons (Fsp3) is 0.312. The number of amides is 1. The van der Waals surface area contributed by atoms with Gasteiger partial charge in [0.25, 0.3) is 5.91 Å². The van der Waals surface area contributed by atoms with Crippen LogP contribution in [0.25, 0.3) is 19.5 Å². The smallest absolute Gasteiger partial charge is 0.264 e. The van der Waals surface area contributed by atoms with E-state index in [1.165, 1.54) is 19.5 Å². The largest absolute Gasteiger partial charge is 0.337 e. The van der Waals surface area contributed by atoms with Crippen molar-refractivity contribution >= 4 is 48.1 Å². The first-order chi connectivity index (χ1) is 10.3. The standard InChI is InChI=1S/C16H16N2OS2/c19-16(18-8-3-6-17-7-9-18)14-10-13-15(21-14)11-4-1-2-5-12(11)20-13/h1-2,4-5,10,17H,3,6-9H2. The van der Waals surface area contributed by atoms with Crippen molar-refractivity contribution in [1.29, 1.82) is 0 Å². The molecular formula is C16H16N2OS2. The lowest BCUT2D eigenvalue weighted by Crippen LogP contribution is -2.33. The molecule has 0 atom stereocenters. The molecule has 1 aromatic carbocycles. The summed E-state index contributed by atoms with van der Waals surface area (Å²) >= 11 is 3.42. The molecule has 108 valence electrons. The zero-order valence-electron chi connectivity index (χ0n) is 11.6. The van der Waals surface area contributed by atoms with Crippen LogP contribution in [0.3, 0.4) is 0 Å². The quantitative estimate of drug-likeness (QED) is 0.744. The van der Waals surface area contributed by atoms with Crippen molar-refractivity contribution in [3.63, 3.8) is 0 Å². The molecule has 4 rings (SSSR count). The van der Waals surface area contributed by atoms with Gasteiger partial charge in [0, 0.05) is 34.4 Å². The van der Waals surface area contributed by atoms with Crippen LogP contribution in [0.1, 0.15) is 16.1 Å². The van der Waals surface area contributed by atoms with Crippen molar-refractivity contribution < 1.29 is 4.79 Å². The number of rotatable bonds is 1. The number of fused-ring (bicyclic) bond motifs is 3. The Labute approximate surface area is 131 Å². The lowest BCUT2D eigenvalue weighted by atomic mass is 10.2. The van der Waals surface area contributed by atoms with Crippen molar-refractivity contribution in [3.8, 4) is 0 Å². The van der Waals surface area contributed by atoms with E-state index in [-0.39, 0.29) is 5.91 Å². The van der Waals surface area contributed by atoms with Gasteiger partial charge in [-0.2, -0.15) is 0 Å². The number of carbonyl (C=O) groups excluding carboxylic acids is 1. The maximum atomic E-state index is 12.7. The van der Waals surface area contributed by atoms with Crippen LogP contribution in [-0.4, -0.2) is 37.0 Å². The number of hydrogen-bond acceptors (Lipinski definition) is 4. The van der Waals surface area contributed by atoms with Gasteiger partial charge in [-0.25, -0.2) is 0 Å². The van der Waals surface area contributed by atoms with Crippen molar-refractivity contribution in [3.05, 3.63) is 35.2 Å². The first-order valence-corrected chi connectivity index (χ1v) is 8.87. The van der Waals surface area contributed by atoms with E-state index < -0.39 is 0 Å². The number of nitrogens with zero attached hydrogens (tertiary/aromatic N) is 1. The zero-order valence-corrected chi connectivity index (χ0v) is 13.2. The minimum Gasteiger partial charge on any atom is -0.337 e. The van der Waals surface area contributed by atoms with Crippen molar-refractivity contribution in [1.82, 2.24) is 10.2 Å². The summed E-state index contributed by atoms with van der Waals surface area (Å²) in [5.41, 5.74) is 0. The molecule has 0 aliphatic carbocycles. The average molecular weight is 316 g/mol. The van der Waals surface area contributed by atoms with Gasteiger partial charge in [-0.05, 0) is 25.1 Å². The second kappa shape index (κ2) is 5.40. The predicted molar refractivity (Wildman–Crippen MR) is 90.6 cm³/mol. The molecule has 0 radical (unpaired) electrons. The Kier molecular flexibility index (Phi) is 3.41. The molecule has 1 saturated heterocycles. The molecule has 1 amide bonds. The SMILES string of the molecule is O=C(c1cc2sc3ccccc3c2s1)N1CCCNCC1. The van der Waals surface area contributed by atoms with E-state index in [1.54, 1.807) is 22.7 Å². The first kappa shape index (κ1) is 13.2. The number of carbonyl (C=O) groups is 1. The van der Waals surface area contributed by atoms with Crippen LogP contribution in [0.15, 0.2) is 30.3 Å². The van der Waals surface area contributed by atoms with Crippen LogP contribution in [0.4, 0.5) is 0 Å².